The molecule has 2 aromatic heterocycles. The molecule has 2 heterocycles. The second kappa shape index (κ2) is 11.7. The Morgan fingerprint density at radius 2 is 2.06 bits per heavy atom. The number of nitrogens with one attached hydrogen (secondary N) is 3. The van der Waals surface area contributed by atoms with Crippen molar-refractivity contribution in [3.05, 3.63) is 53.5 Å². The smallest absolute Gasteiger partial charge is 0.422 e. The Hall–Kier alpha value is -2.77. The van der Waals surface area contributed by atoms with Crippen molar-refractivity contribution in [2.24, 2.45) is 4.99 Å². The first kappa shape index (κ1) is 25.5. The van der Waals surface area contributed by atoms with Gasteiger partial charge in [0.05, 0.1) is 6.26 Å². The highest BCUT2D eigenvalue weighted by Gasteiger charge is 2.28. The first-order chi connectivity index (χ1) is 14.8. The second-order valence-corrected chi connectivity index (χ2v) is 6.70. The van der Waals surface area contributed by atoms with Gasteiger partial charge in [0.1, 0.15) is 11.6 Å². The molecule has 0 atom stereocenters. The Morgan fingerprint density at radius 3 is 2.75 bits per heavy atom. The Labute approximate surface area is 200 Å². The van der Waals surface area contributed by atoms with E-state index in [4.69, 9.17) is 9.15 Å². The standard InChI is InChI=1S/C20H23F3N6O2.HI/c1-13-5-6-14(16(10-13)31-12-20(21,22)23)11-26-19(24-2)25-8-7-17-27-18(29-28-17)15-4-3-9-30-15;/h3-6,9-10H,7-8,11-12H2,1-2H3,(H2,24,25,26)(H,27,28,29);1H. The van der Waals surface area contributed by atoms with E-state index in [-0.39, 0.29) is 36.3 Å². The maximum Gasteiger partial charge on any atom is 0.422 e. The van der Waals surface area contributed by atoms with Gasteiger partial charge in [-0.05, 0) is 30.7 Å². The predicted molar refractivity (Wildman–Crippen MR) is 124 cm³/mol. The van der Waals surface area contributed by atoms with Crippen LogP contribution in [0, 0.1) is 6.92 Å². The average Bonchev–Trinajstić information content (AvgIpc) is 3.41. The third kappa shape index (κ3) is 7.73. The van der Waals surface area contributed by atoms with E-state index >= 15 is 0 Å². The molecule has 12 heteroatoms. The van der Waals surface area contributed by atoms with Gasteiger partial charge in [-0.15, -0.1) is 24.0 Å². The number of hydrogen-bond donors (Lipinski definition) is 3. The van der Waals surface area contributed by atoms with Gasteiger partial charge in [0.15, 0.2) is 18.3 Å². The third-order valence-electron chi connectivity index (χ3n) is 4.21. The van der Waals surface area contributed by atoms with Crippen molar-refractivity contribution >= 4 is 29.9 Å². The quantitative estimate of drug-likeness (QED) is 0.219. The van der Waals surface area contributed by atoms with Gasteiger partial charge in [0, 0.05) is 32.1 Å². The number of aromatic amines is 1. The Morgan fingerprint density at radius 1 is 1.25 bits per heavy atom. The minimum atomic E-state index is -4.40. The highest BCUT2D eigenvalue weighted by Crippen LogP contribution is 2.23. The first-order valence-corrected chi connectivity index (χ1v) is 9.53. The largest absolute Gasteiger partial charge is 0.484 e. The minimum absolute atomic E-state index is 0. The zero-order chi connectivity index (χ0) is 22.3. The molecular weight excluding hydrogens is 540 g/mol. The highest BCUT2D eigenvalue weighted by atomic mass is 127. The van der Waals surface area contributed by atoms with Crippen molar-refractivity contribution in [1.82, 2.24) is 25.8 Å². The number of aliphatic imine (C=N–C) groups is 1. The maximum atomic E-state index is 12.5. The SMILES string of the molecule is CN=C(NCCc1nc(-c2ccco2)n[nH]1)NCc1ccc(C)cc1OCC(F)(F)F.I. The van der Waals surface area contributed by atoms with Gasteiger partial charge in [-0.3, -0.25) is 10.1 Å². The Kier molecular flexibility index (Phi) is 9.35. The van der Waals surface area contributed by atoms with E-state index in [1.807, 2.05) is 6.07 Å². The van der Waals surface area contributed by atoms with Crippen LogP contribution in [0.25, 0.3) is 11.6 Å². The number of furan rings is 1. The molecule has 1 aromatic carbocycles. The summed E-state index contributed by atoms with van der Waals surface area (Å²) in [5.74, 6) is 2.42. The molecule has 0 amide bonds. The monoisotopic (exact) mass is 564 g/mol. The molecule has 0 radical (unpaired) electrons. The topological polar surface area (TPSA) is 100 Å². The number of benzene rings is 1. The molecule has 0 saturated heterocycles. The second-order valence-electron chi connectivity index (χ2n) is 6.70. The molecule has 3 rings (SSSR count). The Balaban J connectivity index is 0.00000363. The van der Waals surface area contributed by atoms with Gasteiger partial charge in [0.25, 0.3) is 0 Å². The number of halogens is 4. The molecule has 0 bridgehead atoms. The zero-order valence-electron chi connectivity index (χ0n) is 17.5. The number of ether oxygens (including phenoxy) is 1. The fourth-order valence-electron chi connectivity index (χ4n) is 2.72. The van der Waals surface area contributed by atoms with Gasteiger partial charge in [0.2, 0.25) is 5.82 Å². The van der Waals surface area contributed by atoms with Gasteiger partial charge >= 0.3 is 6.18 Å². The number of guanidine groups is 1. The molecule has 0 aliphatic rings. The summed E-state index contributed by atoms with van der Waals surface area (Å²) < 4.78 is 47.8. The van der Waals surface area contributed by atoms with E-state index in [1.54, 1.807) is 44.5 Å². The van der Waals surface area contributed by atoms with Gasteiger partial charge in [-0.1, -0.05) is 12.1 Å². The zero-order valence-corrected chi connectivity index (χ0v) is 19.8. The molecule has 0 unspecified atom stereocenters. The van der Waals surface area contributed by atoms with Crippen molar-refractivity contribution < 1.29 is 22.3 Å². The third-order valence-corrected chi connectivity index (χ3v) is 4.21. The van der Waals surface area contributed by atoms with Crippen molar-refractivity contribution in [2.75, 3.05) is 20.2 Å². The molecule has 3 N–H and O–H groups in total. The van der Waals surface area contributed by atoms with E-state index in [9.17, 15) is 13.2 Å². The van der Waals surface area contributed by atoms with E-state index in [0.29, 0.717) is 41.9 Å². The summed E-state index contributed by atoms with van der Waals surface area (Å²) in [7, 11) is 1.61. The molecular formula is C20H24F3IN6O2. The normalized spacial score (nSPS) is 11.7. The summed E-state index contributed by atoms with van der Waals surface area (Å²) in [5.41, 5.74) is 1.40. The summed E-state index contributed by atoms with van der Waals surface area (Å²) in [4.78, 5) is 8.48. The number of aryl methyl sites for hydroxylation is 1. The van der Waals surface area contributed by atoms with Crippen molar-refractivity contribution in [3.63, 3.8) is 0 Å². The van der Waals surface area contributed by atoms with Crippen molar-refractivity contribution in [3.8, 4) is 17.3 Å². The summed E-state index contributed by atoms with van der Waals surface area (Å²) in [6.45, 7) is 1.21. The van der Waals surface area contributed by atoms with Crippen LogP contribution in [0.5, 0.6) is 5.75 Å². The summed E-state index contributed by atoms with van der Waals surface area (Å²) in [5, 5.41) is 13.2. The van der Waals surface area contributed by atoms with Gasteiger partial charge in [-0.2, -0.15) is 18.3 Å². The van der Waals surface area contributed by atoms with E-state index in [0.717, 1.165) is 5.56 Å². The van der Waals surface area contributed by atoms with Crippen LogP contribution in [0.2, 0.25) is 0 Å². The highest BCUT2D eigenvalue weighted by molar-refractivity contribution is 14.0. The number of alkyl halides is 3. The molecule has 8 nitrogen and oxygen atoms in total. The van der Waals surface area contributed by atoms with E-state index in [2.05, 4.69) is 30.8 Å². The molecule has 0 aliphatic heterocycles. The van der Waals surface area contributed by atoms with Crippen LogP contribution >= 0.6 is 24.0 Å². The van der Waals surface area contributed by atoms with Crippen LogP contribution in [0.1, 0.15) is 17.0 Å². The molecule has 3 aromatic rings. The maximum absolute atomic E-state index is 12.5. The van der Waals surface area contributed by atoms with E-state index in [1.165, 1.54) is 0 Å². The summed E-state index contributed by atoms with van der Waals surface area (Å²) in [6.07, 6.45) is -2.29. The fourth-order valence-corrected chi connectivity index (χ4v) is 2.72. The van der Waals surface area contributed by atoms with Gasteiger partial charge < -0.3 is 19.8 Å². The molecule has 32 heavy (non-hydrogen) atoms. The lowest BCUT2D eigenvalue weighted by atomic mass is 10.1. The Bertz CT molecular complexity index is 1010. The lowest BCUT2D eigenvalue weighted by Gasteiger charge is -2.16. The van der Waals surface area contributed by atoms with Crippen LogP contribution in [0.4, 0.5) is 13.2 Å². The van der Waals surface area contributed by atoms with Crippen molar-refractivity contribution in [1.29, 1.82) is 0 Å². The number of aromatic nitrogens is 3. The van der Waals surface area contributed by atoms with Crippen LogP contribution in [0.3, 0.4) is 0 Å². The number of rotatable bonds is 8. The number of H-pyrrole nitrogens is 1. The molecule has 0 fully saturated rings. The lowest BCUT2D eigenvalue weighted by molar-refractivity contribution is -0.153. The lowest BCUT2D eigenvalue weighted by Crippen LogP contribution is -2.38. The molecule has 0 saturated carbocycles. The predicted octanol–water partition coefficient (Wildman–Crippen LogP) is 3.84. The average molecular weight is 564 g/mol. The number of nitrogens with zero attached hydrogens (tertiary/aromatic N) is 3. The minimum Gasteiger partial charge on any atom is -0.484 e. The summed E-state index contributed by atoms with van der Waals surface area (Å²) in [6, 6.07) is 8.66. The molecule has 0 spiro atoms. The van der Waals surface area contributed by atoms with Crippen LogP contribution in [0.15, 0.2) is 46.0 Å². The molecule has 174 valence electrons. The van der Waals surface area contributed by atoms with Crippen LogP contribution < -0.4 is 15.4 Å². The fraction of sp³-hybridized carbons (Fsp3) is 0.350. The van der Waals surface area contributed by atoms with Crippen molar-refractivity contribution in [2.45, 2.75) is 26.1 Å². The number of hydrogen-bond acceptors (Lipinski definition) is 5. The van der Waals surface area contributed by atoms with Crippen LogP contribution in [-0.2, 0) is 13.0 Å². The molecule has 0 aliphatic carbocycles. The van der Waals surface area contributed by atoms with Gasteiger partial charge in [-0.25, -0.2) is 4.98 Å². The van der Waals surface area contributed by atoms with Crippen LogP contribution in [-0.4, -0.2) is 47.5 Å². The van der Waals surface area contributed by atoms with E-state index < -0.39 is 12.8 Å². The first-order valence-electron chi connectivity index (χ1n) is 9.53. The summed E-state index contributed by atoms with van der Waals surface area (Å²) >= 11 is 0.